The lowest BCUT2D eigenvalue weighted by Gasteiger charge is -1.97. The van der Waals surface area contributed by atoms with Gasteiger partial charge in [-0.15, -0.1) is 0 Å². The lowest BCUT2D eigenvalue weighted by Crippen LogP contribution is -1.87. The van der Waals surface area contributed by atoms with Crippen molar-refractivity contribution >= 4 is 23.3 Å². The highest BCUT2D eigenvalue weighted by atomic mass is 32.1. The van der Waals surface area contributed by atoms with Gasteiger partial charge in [-0.25, -0.2) is 4.98 Å². The van der Waals surface area contributed by atoms with Crippen LogP contribution < -0.4 is 4.74 Å². The van der Waals surface area contributed by atoms with E-state index < -0.39 is 0 Å². The van der Waals surface area contributed by atoms with Crippen LogP contribution in [0.25, 0.3) is 11.0 Å². The molecule has 0 atom stereocenters. The molecular weight excluding hydrogens is 174 g/mol. The molecule has 2 heterocycles. The second kappa shape index (κ2) is 2.60. The van der Waals surface area contributed by atoms with Crippen molar-refractivity contribution in [3.05, 3.63) is 17.0 Å². The number of hydrogen-bond acceptors (Lipinski definition) is 3. The van der Waals surface area contributed by atoms with Crippen molar-refractivity contribution in [3.63, 3.8) is 0 Å². The van der Waals surface area contributed by atoms with Gasteiger partial charge in [-0.2, -0.15) is 0 Å². The smallest absolute Gasteiger partial charge is 0.239 e. The number of nitrogens with zero attached hydrogens (tertiary/aromatic N) is 1. The third-order valence-electron chi connectivity index (χ3n) is 1.60. The molecule has 2 rings (SSSR count). The molecule has 0 unspecified atom stereocenters. The third-order valence-corrected chi connectivity index (χ3v) is 1.80. The first-order valence-electron chi connectivity index (χ1n) is 3.42. The fraction of sp³-hybridized carbons (Fsp3) is 0.143. The maximum Gasteiger partial charge on any atom is 0.239 e. The fourth-order valence-corrected chi connectivity index (χ4v) is 1.30. The predicted octanol–water partition coefficient (Wildman–Crippen LogP) is 1.63. The molecule has 12 heavy (non-hydrogen) atoms. The minimum Gasteiger partial charge on any atom is -0.479 e. The minimum atomic E-state index is 0.555. The average molecular weight is 181 g/mol. The Labute approximate surface area is 73.6 Å². The highest BCUT2D eigenvalue weighted by molar-refractivity contribution is 7.71. The van der Waals surface area contributed by atoms with Crippen LogP contribution in [0.4, 0.5) is 0 Å². The number of imidazole rings is 1. The zero-order valence-electron chi connectivity index (χ0n) is 6.42. The van der Waals surface area contributed by atoms with E-state index in [0.717, 1.165) is 11.0 Å². The van der Waals surface area contributed by atoms with Crippen molar-refractivity contribution in [2.24, 2.45) is 0 Å². The Kier molecular flexibility index (Phi) is 1.58. The quantitative estimate of drug-likeness (QED) is 0.657. The van der Waals surface area contributed by atoms with Gasteiger partial charge in [0.2, 0.25) is 5.88 Å². The molecule has 0 aliphatic carbocycles. The largest absolute Gasteiger partial charge is 0.479 e. The van der Waals surface area contributed by atoms with Gasteiger partial charge in [-0.05, 0) is 18.3 Å². The normalized spacial score (nSPS) is 10.4. The number of aromatic amines is 2. The highest BCUT2D eigenvalue weighted by Crippen LogP contribution is 2.18. The van der Waals surface area contributed by atoms with Gasteiger partial charge in [0.05, 0.1) is 12.6 Å². The van der Waals surface area contributed by atoms with Gasteiger partial charge in [0, 0.05) is 6.20 Å². The number of aromatic nitrogens is 3. The van der Waals surface area contributed by atoms with Crippen LogP contribution in [0.1, 0.15) is 0 Å². The second-order valence-electron chi connectivity index (χ2n) is 2.32. The van der Waals surface area contributed by atoms with E-state index in [0.29, 0.717) is 10.7 Å². The Hall–Kier alpha value is -1.36. The molecule has 2 aromatic heterocycles. The van der Waals surface area contributed by atoms with E-state index in [4.69, 9.17) is 17.0 Å². The molecule has 0 saturated heterocycles. The Morgan fingerprint density at radius 3 is 3.08 bits per heavy atom. The summed E-state index contributed by atoms with van der Waals surface area (Å²) in [5, 5.41) is 0. The van der Waals surface area contributed by atoms with E-state index in [2.05, 4.69) is 15.0 Å². The molecule has 0 spiro atoms. The van der Waals surface area contributed by atoms with Crippen LogP contribution in [0.2, 0.25) is 0 Å². The summed E-state index contributed by atoms with van der Waals surface area (Å²) in [6.45, 7) is 0. The summed E-state index contributed by atoms with van der Waals surface area (Å²) in [6, 6.07) is 1.84. The van der Waals surface area contributed by atoms with Crippen molar-refractivity contribution in [2.75, 3.05) is 7.11 Å². The Bertz CT molecular complexity index is 459. The molecule has 4 nitrogen and oxygen atoms in total. The molecule has 0 fully saturated rings. The van der Waals surface area contributed by atoms with Gasteiger partial charge in [-0.1, -0.05) is 0 Å². The first-order chi connectivity index (χ1) is 5.81. The van der Waals surface area contributed by atoms with E-state index in [1.165, 1.54) is 0 Å². The molecule has 0 saturated carbocycles. The second-order valence-corrected chi connectivity index (χ2v) is 2.73. The van der Waals surface area contributed by atoms with Crippen LogP contribution in [0, 0.1) is 4.77 Å². The average Bonchev–Trinajstić information content (AvgIpc) is 2.44. The van der Waals surface area contributed by atoms with Crippen LogP contribution in [-0.4, -0.2) is 22.1 Å². The minimum absolute atomic E-state index is 0.555. The van der Waals surface area contributed by atoms with E-state index in [9.17, 15) is 0 Å². The predicted molar refractivity (Wildman–Crippen MR) is 47.8 cm³/mol. The van der Waals surface area contributed by atoms with Gasteiger partial charge >= 0.3 is 0 Å². The number of pyridine rings is 1. The van der Waals surface area contributed by atoms with Crippen molar-refractivity contribution in [2.45, 2.75) is 0 Å². The molecular formula is C7H7N3OS. The summed E-state index contributed by atoms with van der Waals surface area (Å²) in [6.07, 6.45) is 1.67. The van der Waals surface area contributed by atoms with E-state index >= 15 is 0 Å². The summed E-state index contributed by atoms with van der Waals surface area (Å²) in [5.74, 6) is 0.555. The summed E-state index contributed by atoms with van der Waals surface area (Å²) >= 11 is 4.93. The first kappa shape index (κ1) is 7.30. The van der Waals surface area contributed by atoms with Gasteiger partial charge < -0.3 is 14.7 Å². The summed E-state index contributed by atoms with van der Waals surface area (Å²) in [4.78, 5) is 9.94. The van der Waals surface area contributed by atoms with Gasteiger partial charge in [-0.3, -0.25) is 0 Å². The van der Waals surface area contributed by atoms with Gasteiger partial charge in [0.15, 0.2) is 4.77 Å². The molecule has 0 radical (unpaired) electrons. The molecule has 0 aliphatic rings. The highest BCUT2D eigenvalue weighted by Gasteiger charge is 2.02. The lowest BCUT2D eigenvalue weighted by molar-refractivity contribution is 0.402. The number of nitrogens with one attached hydrogen (secondary N) is 2. The van der Waals surface area contributed by atoms with Crippen molar-refractivity contribution < 1.29 is 4.74 Å². The molecule has 2 N–H and O–H groups in total. The molecule has 0 amide bonds. The summed E-state index contributed by atoms with van der Waals surface area (Å²) < 4.78 is 5.61. The summed E-state index contributed by atoms with van der Waals surface area (Å²) in [5.41, 5.74) is 1.72. The summed E-state index contributed by atoms with van der Waals surface area (Å²) in [7, 11) is 1.58. The zero-order valence-corrected chi connectivity index (χ0v) is 7.23. The van der Waals surface area contributed by atoms with E-state index in [1.54, 1.807) is 13.3 Å². The number of H-pyrrole nitrogens is 2. The van der Waals surface area contributed by atoms with Crippen molar-refractivity contribution in [1.82, 2.24) is 15.0 Å². The Morgan fingerprint density at radius 2 is 2.33 bits per heavy atom. The molecule has 0 bridgehead atoms. The standard InChI is InChI=1S/C7H7N3OS/c1-11-6-5-4(2-3-8-6)9-7(12)10-5/h2-3H,1H3,(H2,9,10,12). The molecule has 0 aromatic carbocycles. The first-order valence-corrected chi connectivity index (χ1v) is 3.83. The van der Waals surface area contributed by atoms with Crippen LogP contribution in [0.15, 0.2) is 12.3 Å². The fourth-order valence-electron chi connectivity index (χ4n) is 1.09. The molecule has 2 aromatic rings. The van der Waals surface area contributed by atoms with Gasteiger partial charge in [0.1, 0.15) is 5.52 Å². The van der Waals surface area contributed by atoms with E-state index in [-0.39, 0.29) is 0 Å². The number of fused-ring (bicyclic) bond motifs is 1. The topological polar surface area (TPSA) is 53.7 Å². The van der Waals surface area contributed by atoms with Crippen molar-refractivity contribution in [3.8, 4) is 5.88 Å². The third kappa shape index (κ3) is 0.984. The number of hydrogen-bond donors (Lipinski definition) is 2. The molecule has 5 heteroatoms. The number of methoxy groups -OCH3 is 1. The van der Waals surface area contributed by atoms with Gasteiger partial charge in [0.25, 0.3) is 0 Å². The maximum atomic E-state index is 5.03. The Morgan fingerprint density at radius 1 is 1.50 bits per heavy atom. The van der Waals surface area contributed by atoms with Crippen LogP contribution in [0.5, 0.6) is 5.88 Å². The van der Waals surface area contributed by atoms with Crippen LogP contribution in [0.3, 0.4) is 0 Å². The van der Waals surface area contributed by atoms with Crippen LogP contribution >= 0.6 is 12.2 Å². The number of ether oxygens (including phenoxy) is 1. The molecule has 62 valence electrons. The number of rotatable bonds is 1. The monoisotopic (exact) mass is 181 g/mol. The maximum absolute atomic E-state index is 5.03. The molecule has 0 aliphatic heterocycles. The van der Waals surface area contributed by atoms with E-state index in [1.807, 2.05) is 6.07 Å². The lowest BCUT2D eigenvalue weighted by atomic mass is 10.4. The SMILES string of the molecule is COc1nccc2[nH]c(=S)[nH]c12. The zero-order chi connectivity index (χ0) is 8.55. The van der Waals surface area contributed by atoms with Crippen molar-refractivity contribution in [1.29, 1.82) is 0 Å². The van der Waals surface area contributed by atoms with Crippen LogP contribution in [-0.2, 0) is 0 Å². The Balaban J connectivity index is 2.87.